The SMILES string of the molecule is CC(C)(C)c1ccc(-c2csc(NC(=O)/C=C/c3c(F)cccc3Cl)n2)cc1. The van der Waals surface area contributed by atoms with Crippen LogP contribution >= 0.6 is 22.9 Å². The molecule has 0 radical (unpaired) electrons. The average Bonchev–Trinajstić information content (AvgIpc) is 3.09. The van der Waals surface area contributed by atoms with Crippen molar-refractivity contribution in [2.24, 2.45) is 0 Å². The van der Waals surface area contributed by atoms with E-state index in [0.29, 0.717) is 5.13 Å². The third kappa shape index (κ3) is 4.86. The minimum atomic E-state index is -0.480. The van der Waals surface area contributed by atoms with Crippen molar-refractivity contribution in [3.05, 3.63) is 75.9 Å². The lowest BCUT2D eigenvalue weighted by Gasteiger charge is -2.18. The lowest BCUT2D eigenvalue weighted by atomic mass is 9.86. The van der Waals surface area contributed by atoms with Crippen molar-refractivity contribution >= 4 is 40.1 Å². The van der Waals surface area contributed by atoms with Crippen molar-refractivity contribution in [1.29, 1.82) is 0 Å². The lowest BCUT2D eigenvalue weighted by Crippen LogP contribution is -2.10. The van der Waals surface area contributed by atoms with E-state index in [1.54, 1.807) is 6.07 Å². The third-order valence-corrected chi connectivity index (χ3v) is 5.27. The second kappa shape index (κ2) is 8.25. The lowest BCUT2D eigenvalue weighted by molar-refractivity contribution is -0.111. The van der Waals surface area contributed by atoms with Gasteiger partial charge in [-0.1, -0.05) is 62.7 Å². The molecule has 0 saturated heterocycles. The van der Waals surface area contributed by atoms with Crippen LogP contribution in [0.2, 0.25) is 5.02 Å². The molecule has 1 heterocycles. The van der Waals surface area contributed by atoms with Crippen molar-refractivity contribution in [2.45, 2.75) is 26.2 Å². The van der Waals surface area contributed by atoms with E-state index >= 15 is 0 Å². The summed E-state index contributed by atoms with van der Waals surface area (Å²) in [5, 5.41) is 5.31. The third-order valence-electron chi connectivity index (χ3n) is 4.18. The molecule has 0 saturated carbocycles. The maximum absolute atomic E-state index is 13.7. The number of nitrogens with one attached hydrogen (secondary N) is 1. The van der Waals surface area contributed by atoms with Crippen molar-refractivity contribution in [2.75, 3.05) is 5.32 Å². The van der Waals surface area contributed by atoms with Crippen molar-refractivity contribution in [1.82, 2.24) is 4.98 Å². The van der Waals surface area contributed by atoms with Crippen molar-refractivity contribution in [3.63, 3.8) is 0 Å². The first-order valence-corrected chi connectivity index (χ1v) is 9.99. The number of benzene rings is 2. The molecular formula is C22H20ClFN2OS. The van der Waals surface area contributed by atoms with Crippen LogP contribution in [-0.4, -0.2) is 10.9 Å². The van der Waals surface area contributed by atoms with E-state index in [-0.39, 0.29) is 16.0 Å². The number of carbonyl (C=O) groups excluding carboxylic acids is 1. The Balaban J connectivity index is 1.69. The van der Waals surface area contributed by atoms with E-state index < -0.39 is 11.7 Å². The largest absolute Gasteiger partial charge is 0.298 e. The van der Waals surface area contributed by atoms with Gasteiger partial charge in [0.25, 0.3) is 0 Å². The van der Waals surface area contributed by atoms with Gasteiger partial charge >= 0.3 is 0 Å². The Morgan fingerprint density at radius 1 is 1.18 bits per heavy atom. The monoisotopic (exact) mass is 414 g/mol. The minimum Gasteiger partial charge on any atom is -0.298 e. The highest BCUT2D eigenvalue weighted by atomic mass is 35.5. The van der Waals surface area contributed by atoms with E-state index in [0.717, 1.165) is 11.3 Å². The van der Waals surface area contributed by atoms with Crippen LogP contribution in [0.5, 0.6) is 0 Å². The van der Waals surface area contributed by atoms with Crippen LogP contribution in [0.15, 0.2) is 53.9 Å². The molecule has 0 bridgehead atoms. The summed E-state index contributed by atoms with van der Waals surface area (Å²) in [6.45, 7) is 6.50. The van der Waals surface area contributed by atoms with Gasteiger partial charge in [0.05, 0.1) is 10.7 Å². The van der Waals surface area contributed by atoms with Gasteiger partial charge in [-0.2, -0.15) is 0 Å². The van der Waals surface area contributed by atoms with Gasteiger partial charge in [-0.25, -0.2) is 9.37 Å². The summed E-state index contributed by atoms with van der Waals surface area (Å²) >= 11 is 7.28. The smallest absolute Gasteiger partial charge is 0.250 e. The predicted molar refractivity (Wildman–Crippen MR) is 115 cm³/mol. The number of aromatic nitrogens is 1. The van der Waals surface area contributed by atoms with Crippen LogP contribution in [0.4, 0.5) is 9.52 Å². The predicted octanol–water partition coefficient (Wildman–Crippen LogP) is 6.55. The Morgan fingerprint density at radius 3 is 2.54 bits per heavy atom. The normalized spacial score (nSPS) is 11.8. The van der Waals surface area contributed by atoms with E-state index in [4.69, 9.17) is 11.6 Å². The molecule has 6 heteroatoms. The minimum absolute atomic E-state index is 0.0905. The molecule has 3 nitrogen and oxygen atoms in total. The fourth-order valence-corrected chi connectivity index (χ4v) is 3.53. The summed E-state index contributed by atoms with van der Waals surface area (Å²) in [6.07, 6.45) is 2.59. The van der Waals surface area contributed by atoms with Gasteiger partial charge in [0.2, 0.25) is 5.91 Å². The molecule has 0 atom stereocenters. The van der Waals surface area contributed by atoms with Crippen molar-refractivity contribution < 1.29 is 9.18 Å². The van der Waals surface area contributed by atoms with Gasteiger partial charge in [0.15, 0.2) is 5.13 Å². The first-order valence-electron chi connectivity index (χ1n) is 8.73. The zero-order valence-corrected chi connectivity index (χ0v) is 17.4. The number of anilines is 1. The van der Waals surface area contributed by atoms with Gasteiger partial charge < -0.3 is 0 Å². The van der Waals surface area contributed by atoms with E-state index in [9.17, 15) is 9.18 Å². The van der Waals surface area contributed by atoms with Gasteiger partial charge in [0, 0.05) is 22.6 Å². The van der Waals surface area contributed by atoms with Crippen LogP contribution in [-0.2, 0) is 10.2 Å². The van der Waals surface area contributed by atoms with Crippen molar-refractivity contribution in [3.8, 4) is 11.3 Å². The zero-order valence-electron chi connectivity index (χ0n) is 15.8. The topological polar surface area (TPSA) is 42.0 Å². The number of carbonyl (C=O) groups is 1. The molecule has 2 aromatic carbocycles. The summed E-state index contributed by atoms with van der Waals surface area (Å²) in [5.41, 5.74) is 3.29. The summed E-state index contributed by atoms with van der Waals surface area (Å²) in [7, 11) is 0. The number of halogens is 2. The standard InChI is InChI=1S/C22H20ClFN2OS/c1-22(2,3)15-9-7-14(8-10-15)19-13-28-21(25-19)26-20(27)12-11-16-17(23)5-4-6-18(16)24/h4-13H,1-3H3,(H,25,26,27)/b12-11+. The maximum Gasteiger partial charge on any atom is 0.250 e. The van der Waals surface area contributed by atoms with Crippen LogP contribution in [0.1, 0.15) is 31.9 Å². The highest BCUT2D eigenvalue weighted by molar-refractivity contribution is 7.14. The molecule has 0 aliphatic rings. The summed E-state index contributed by atoms with van der Waals surface area (Å²) in [6, 6.07) is 12.6. The first kappa shape index (κ1) is 20.2. The Hall–Kier alpha value is -2.50. The number of hydrogen-bond acceptors (Lipinski definition) is 3. The molecule has 1 aromatic heterocycles. The van der Waals surface area contributed by atoms with Gasteiger partial charge in [-0.15, -0.1) is 11.3 Å². The first-order chi connectivity index (χ1) is 13.2. The second-order valence-electron chi connectivity index (χ2n) is 7.32. The summed E-state index contributed by atoms with van der Waals surface area (Å²) in [4.78, 5) is 16.6. The molecule has 28 heavy (non-hydrogen) atoms. The summed E-state index contributed by atoms with van der Waals surface area (Å²) < 4.78 is 13.7. The molecule has 0 spiro atoms. The van der Waals surface area contributed by atoms with E-state index in [1.165, 1.54) is 41.2 Å². The fourth-order valence-electron chi connectivity index (χ4n) is 2.58. The van der Waals surface area contributed by atoms with E-state index in [1.807, 2.05) is 17.5 Å². The zero-order chi connectivity index (χ0) is 20.3. The Kier molecular flexibility index (Phi) is 5.96. The quantitative estimate of drug-likeness (QED) is 0.491. The van der Waals surface area contributed by atoms with E-state index in [2.05, 4.69) is 43.2 Å². The molecule has 0 unspecified atom stereocenters. The molecular weight excluding hydrogens is 395 g/mol. The molecule has 1 N–H and O–H groups in total. The van der Waals surface area contributed by atoms with Gasteiger partial charge in [0.1, 0.15) is 5.82 Å². The number of thiazole rings is 1. The Morgan fingerprint density at radius 2 is 1.89 bits per heavy atom. The van der Waals surface area contributed by atoms with Crippen LogP contribution in [0.3, 0.4) is 0 Å². The Bertz CT molecular complexity index is 1000. The fraction of sp³-hybridized carbons (Fsp3) is 0.182. The van der Waals surface area contributed by atoms with Crippen LogP contribution < -0.4 is 5.32 Å². The second-order valence-corrected chi connectivity index (χ2v) is 8.59. The number of amides is 1. The highest BCUT2D eigenvalue weighted by Crippen LogP contribution is 2.28. The number of nitrogens with zero attached hydrogens (tertiary/aromatic N) is 1. The molecule has 0 aliphatic carbocycles. The molecule has 1 amide bonds. The molecule has 0 aliphatic heterocycles. The van der Waals surface area contributed by atoms with Crippen LogP contribution in [0.25, 0.3) is 17.3 Å². The van der Waals surface area contributed by atoms with Gasteiger partial charge in [-0.3, -0.25) is 10.1 Å². The summed E-state index contributed by atoms with van der Waals surface area (Å²) in [5.74, 6) is -0.880. The maximum atomic E-state index is 13.7. The average molecular weight is 415 g/mol. The number of hydrogen-bond donors (Lipinski definition) is 1. The Labute approximate surface area is 172 Å². The molecule has 3 rings (SSSR count). The number of rotatable bonds is 4. The van der Waals surface area contributed by atoms with Crippen LogP contribution in [0, 0.1) is 5.82 Å². The van der Waals surface area contributed by atoms with Gasteiger partial charge in [-0.05, 0) is 29.2 Å². The molecule has 144 valence electrons. The highest BCUT2D eigenvalue weighted by Gasteiger charge is 2.14. The molecule has 3 aromatic rings. The molecule has 0 fully saturated rings.